The second-order valence-electron chi connectivity index (χ2n) is 5.92. The van der Waals surface area contributed by atoms with E-state index in [1.165, 1.54) is 0 Å². The average Bonchev–Trinajstić information content (AvgIpc) is 2.50. The van der Waals surface area contributed by atoms with Crippen molar-refractivity contribution in [3.8, 4) is 0 Å². The summed E-state index contributed by atoms with van der Waals surface area (Å²) in [5.41, 5.74) is 1.19. The molecule has 1 spiro atoms. The monoisotopic (exact) mass is 276 g/mol. The number of nitrogens with zero attached hydrogens (tertiary/aromatic N) is 1. The average molecular weight is 276 g/mol. The van der Waals surface area contributed by atoms with Crippen LogP contribution in [-0.4, -0.2) is 37.5 Å². The molecule has 2 unspecified atom stereocenters. The van der Waals surface area contributed by atoms with Crippen molar-refractivity contribution in [2.45, 2.75) is 37.3 Å². The molecule has 2 aliphatic rings. The Morgan fingerprint density at radius 1 is 1.30 bits per heavy atom. The number of hydrogen-bond donors (Lipinski definition) is 1. The molecular weight excluding hydrogens is 252 g/mol. The van der Waals surface area contributed by atoms with Crippen LogP contribution in [0.15, 0.2) is 24.4 Å². The number of ether oxygens (including phenoxy) is 2. The summed E-state index contributed by atoms with van der Waals surface area (Å²) in [5.74, 6) is 0.585. The minimum absolute atomic E-state index is 0.0467. The molecule has 20 heavy (non-hydrogen) atoms. The van der Waals surface area contributed by atoms with Gasteiger partial charge in [-0.2, -0.15) is 0 Å². The van der Waals surface area contributed by atoms with Crippen LogP contribution in [0.2, 0.25) is 0 Å². The number of nitrogens with one attached hydrogen (secondary N) is 1. The van der Waals surface area contributed by atoms with Crippen LogP contribution in [0.4, 0.5) is 0 Å². The maximum Gasteiger partial charge on any atom is 0.0729 e. The molecule has 1 N–H and O–H groups in total. The first-order valence-electron chi connectivity index (χ1n) is 7.63. The van der Waals surface area contributed by atoms with Crippen molar-refractivity contribution in [3.63, 3.8) is 0 Å². The van der Waals surface area contributed by atoms with Crippen molar-refractivity contribution < 1.29 is 9.47 Å². The van der Waals surface area contributed by atoms with Crippen LogP contribution >= 0.6 is 0 Å². The van der Waals surface area contributed by atoms with Gasteiger partial charge < -0.3 is 14.8 Å². The predicted molar refractivity (Wildman–Crippen MR) is 77.5 cm³/mol. The Bertz CT molecular complexity index is 412. The summed E-state index contributed by atoms with van der Waals surface area (Å²) >= 11 is 0. The van der Waals surface area contributed by atoms with Crippen LogP contribution < -0.4 is 5.32 Å². The fourth-order valence-electron chi connectivity index (χ4n) is 3.63. The second kappa shape index (κ2) is 6.20. The third kappa shape index (κ3) is 2.87. The Kier molecular flexibility index (Phi) is 4.34. The van der Waals surface area contributed by atoms with E-state index in [2.05, 4.69) is 22.4 Å². The summed E-state index contributed by atoms with van der Waals surface area (Å²) in [4.78, 5) is 4.53. The Morgan fingerprint density at radius 3 is 2.85 bits per heavy atom. The highest BCUT2D eigenvalue weighted by Crippen LogP contribution is 2.41. The van der Waals surface area contributed by atoms with Crippen LogP contribution in [0.25, 0.3) is 0 Å². The predicted octanol–water partition coefficient (Wildman–Crippen LogP) is 2.32. The third-order valence-electron chi connectivity index (χ3n) is 4.72. The molecular formula is C16H24N2O2. The summed E-state index contributed by atoms with van der Waals surface area (Å²) in [6, 6.07) is 6.48. The quantitative estimate of drug-likeness (QED) is 0.920. The molecule has 0 saturated carbocycles. The topological polar surface area (TPSA) is 43.4 Å². The van der Waals surface area contributed by atoms with Crippen LogP contribution in [0.5, 0.6) is 0 Å². The third-order valence-corrected chi connectivity index (χ3v) is 4.72. The van der Waals surface area contributed by atoms with Gasteiger partial charge in [0.25, 0.3) is 0 Å². The van der Waals surface area contributed by atoms with Gasteiger partial charge >= 0.3 is 0 Å². The highest BCUT2D eigenvalue weighted by molar-refractivity contribution is 5.11. The molecule has 0 aliphatic carbocycles. The molecule has 0 aromatic carbocycles. The molecule has 2 aliphatic heterocycles. The van der Waals surface area contributed by atoms with Gasteiger partial charge in [-0.15, -0.1) is 0 Å². The molecule has 1 aromatic heterocycles. The van der Waals surface area contributed by atoms with Gasteiger partial charge in [0.1, 0.15) is 0 Å². The lowest BCUT2D eigenvalue weighted by Crippen LogP contribution is -2.46. The van der Waals surface area contributed by atoms with Gasteiger partial charge in [0.2, 0.25) is 0 Å². The summed E-state index contributed by atoms with van der Waals surface area (Å²) in [7, 11) is 2.03. The highest BCUT2D eigenvalue weighted by atomic mass is 16.5. The lowest BCUT2D eigenvalue weighted by Gasteiger charge is -2.45. The van der Waals surface area contributed by atoms with Crippen molar-refractivity contribution in [2.24, 2.45) is 5.92 Å². The zero-order valence-corrected chi connectivity index (χ0v) is 12.2. The maximum atomic E-state index is 6.14. The molecule has 3 heterocycles. The van der Waals surface area contributed by atoms with E-state index in [-0.39, 0.29) is 5.60 Å². The molecule has 4 heteroatoms. The first kappa shape index (κ1) is 14.0. The molecule has 0 amide bonds. The van der Waals surface area contributed by atoms with Gasteiger partial charge in [-0.05, 0) is 50.8 Å². The normalized spacial score (nSPS) is 27.4. The maximum absolute atomic E-state index is 6.14. The van der Waals surface area contributed by atoms with E-state index in [4.69, 9.17) is 9.47 Å². The van der Waals surface area contributed by atoms with Crippen LogP contribution in [0, 0.1) is 5.92 Å². The second-order valence-corrected chi connectivity index (χ2v) is 5.92. The minimum atomic E-state index is 0.0467. The van der Waals surface area contributed by atoms with Gasteiger partial charge in [0.15, 0.2) is 0 Å². The standard InChI is InChI=1S/C16H24N2O2/c1-17-15(14-4-2-3-8-18-14)13-5-9-20-16(12-13)6-10-19-11-7-16/h2-4,8,13,15,17H,5-7,9-12H2,1H3. The molecule has 2 atom stereocenters. The number of aromatic nitrogens is 1. The first-order valence-corrected chi connectivity index (χ1v) is 7.63. The van der Waals surface area contributed by atoms with Gasteiger partial charge in [-0.1, -0.05) is 6.07 Å². The van der Waals surface area contributed by atoms with Crippen molar-refractivity contribution in [3.05, 3.63) is 30.1 Å². The van der Waals surface area contributed by atoms with Crippen LogP contribution in [0.3, 0.4) is 0 Å². The largest absolute Gasteiger partial charge is 0.381 e. The Labute approximate surface area is 120 Å². The van der Waals surface area contributed by atoms with Crippen LogP contribution in [-0.2, 0) is 9.47 Å². The van der Waals surface area contributed by atoms with Crippen molar-refractivity contribution in [1.82, 2.24) is 10.3 Å². The molecule has 1 aromatic rings. The molecule has 0 bridgehead atoms. The van der Waals surface area contributed by atoms with E-state index in [0.29, 0.717) is 12.0 Å². The minimum Gasteiger partial charge on any atom is -0.381 e. The number of rotatable bonds is 3. The van der Waals surface area contributed by atoms with E-state index in [9.17, 15) is 0 Å². The van der Waals surface area contributed by atoms with E-state index in [1.807, 2.05) is 19.3 Å². The number of hydrogen-bond acceptors (Lipinski definition) is 4. The van der Waals surface area contributed by atoms with Gasteiger partial charge in [0, 0.05) is 26.0 Å². The van der Waals surface area contributed by atoms with E-state index < -0.39 is 0 Å². The Balaban J connectivity index is 1.75. The van der Waals surface area contributed by atoms with Crippen molar-refractivity contribution in [2.75, 3.05) is 26.9 Å². The Morgan fingerprint density at radius 2 is 2.15 bits per heavy atom. The first-order chi connectivity index (χ1) is 9.83. The molecule has 2 fully saturated rings. The van der Waals surface area contributed by atoms with E-state index >= 15 is 0 Å². The highest BCUT2D eigenvalue weighted by Gasteiger charge is 2.41. The molecule has 110 valence electrons. The lowest BCUT2D eigenvalue weighted by atomic mass is 9.77. The molecule has 0 radical (unpaired) electrons. The fourth-order valence-corrected chi connectivity index (χ4v) is 3.63. The summed E-state index contributed by atoms with van der Waals surface area (Å²) in [6.45, 7) is 2.52. The van der Waals surface area contributed by atoms with Gasteiger partial charge in [-0.25, -0.2) is 0 Å². The fraction of sp³-hybridized carbons (Fsp3) is 0.688. The van der Waals surface area contributed by atoms with Crippen molar-refractivity contribution in [1.29, 1.82) is 0 Å². The van der Waals surface area contributed by atoms with Gasteiger partial charge in [0.05, 0.1) is 17.3 Å². The zero-order chi connectivity index (χ0) is 13.8. The number of pyridine rings is 1. The smallest absolute Gasteiger partial charge is 0.0729 e. The lowest BCUT2D eigenvalue weighted by molar-refractivity contribution is -0.150. The van der Waals surface area contributed by atoms with E-state index in [1.54, 1.807) is 0 Å². The van der Waals surface area contributed by atoms with Gasteiger partial charge in [-0.3, -0.25) is 4.98 Å². The summed E-state index contributed by atoms with van der Waals surface area (Å²) in [5, 5.41) is 3.46. The molecule has 3 rings (SSSR count). The zero-order valence-electron chi connectivity index (χ0n) is 12.2. The Hall–Kier alpha value is -0.970. The van der Waals surface area contributed by atoms with E-state index in [0.717, 1.165) is 51.2 Å². The van der Waals surface area contributed by atoms with Crippen LogP contribution in [0.1, 0.15) is 37.4 Å². The van der Waals surface area contributed by atoms with Crippen molar-refractivity contribution >= 4 is 0 Å². The molecule has 4 nitrogen and oxygen atoms in total. The SMILES string of the molecule is CNC(c1ccccn1)C1CCOC2(CCOCC2)C1. The summed E-state index contributed by atoms with van der Waals surface area (Å²) in [6.07, 6.45) is 6.15. The molecule has 2 saturated heterocycles. The summed E-state index contributed by atoms with van der Waals surface area (Å²) < 4.78 is 11.6.